The number of nitrogens with zero attached hydrogens (tertiary/aromatic N) is 2. The Labute approximate surface area is 105 Å². The van der Waals surface area contributed by atoms with Crippen molar-refractivity contribution < 1.29 is 14.7 Å². The number of carbonyl (C=O) groups excluding carboxylic acids is 1. The number of aliphatic carboxylic acids is 1. The van der Waals surface area contributed by atoms with Gasteiger partial charge in [-0.3, -0.25) is 14.6 Å². The summed E-state index contributed by atoms with van der Waals surface area (Å²) in [5.74, 6) is -1.73. The summed E-state index contributed by atoms with van der Waals surface area (Å²) in [7, 11) is 0. The highest BCUT2D eigenvalue weighted by molar-refractivity contribution is 5.87. The maximum atomic E-state index is 12.0. The minimum Gasteiger partial charge on any atom is -0.481 e. The van der Waals surface area contributed by atoms with Gasteiger partial charge in [0, 0.05) is 24.9 Å². The van der Waals surface area contributed by atoms with Crippen LogP contribution in [0.2, 0.25) is 0 Å². The van der Waals surface area contributed by atoms with Gasteiger partial charge in [-0.2, -0.15) is 0 Å². The Morgan fingerprint density at radius 1 is 1.56 bits per heavy atom. The lowest BCUT2D eigenvalue weighted by Crippen LogP contribution is -2.36. The molecule has 96 valence electrons. The standard InChI is InChI=1S/C13H16N2O3/c1-8(2)15-11(16)6-10(13(17)18)12(15)9-4-3-5-14-7-9/h3-5,7-8,10,12H,6H2,1-2H3,(H,17,18)/t10-,12-/m1/s1. The smallest absolute Gasteiger partial charge is 0.309 e. The first kappa shape index (κ1) is 12.5. The lowest BCUT2D eigenvalue weighted by atomic mass is 9.94. The molecule has 0 saturated carbocycles. The summed E-state index contributed by atoms with van der Waals surface area (Å²) in [5.41, 5.74) is 0.782. The molecule has 5 nitrogen and oxygen atoms in total. The largest absolute Gasteiger partial charge is 0.481 e. The lowest BCUT2D eigenvalue weighted by Gasteiger charge is -2.30. The molecule has 0 aliphatic carbocycles. The number of carboxylic acid groups (broad SMARTS) is 1. The van der Waals surface area contributed by atoms with Crippen LogP contribution < -0.4 is 0 Å². The van der Waals surface area contributed by atoms with Gasteiger partial charge in [0.1, 0.15) is 0 Å². The third-order valence-corrected chi connectivity index (χ3v) is 3.26. The van der Waals surface area contributed by atoms with Gasteiger partial charge in [-0.1, -0.05) is 6.07 Å². The van der Waals surface area contributed by atoms with Gasteiger partial charge in [-0.25, -0.2) is 0 Å². The van der Waals surface area contributed by atoms with Crippen molar-refractivity contribution in [1.82, 2.24) is 9.88 Å². The second kappa shape index (κ2) is 4.76. The van der Waals surface area contributed by atoms with Gasteiger partial charge in [-0.15, -0.1) is 0 Å². The predicted octanol–water partition coefficient (Wildman–Crippen LogP) is 1.46. The minimum absolute atomic E-state index is 0.0212. The van der Waals surface area contributed by atoms with E-state index in [0.717, 1.165) is 5.56 Å². The normalized spacial score (nSPS) is 23.7. The lowest BCUT2D eigenvalue weighted by molar-refractivity contribution is -0.142. The van der Waals surface area contributed by atoms with Crippen molar-refractivity contribution in [3.8, 4) is 0 Å². The van der Waals surface area contributed by atoms with E-state index in [9.17, 15) is 14.7 Å². The van der Waals surface area contributed by atoms with Crippen molar-refractivity contribution in [3.05, 3.63) is 30.1 Å². The van der Waals surface area contributed by atoms with E-state index in [1.54, 1.807) is 23.4 Å². The molecule has 1 aromatic heterocycles. The maximum Gasteiger partial charge on any atom is 0.309 e. The second-order valence-electron chi connectivity index (χ2n) is 4.77. The molecular formula is C13H16N2O3. The van der Waals surface area contributed by atoms with E-state index in [0.29, 0.717) is 0 Å². The van der Waals surface area contributed by atoms with Gasteiger partial charge in [-0.05, 0) is 25.5 Å². The second-order valence-corrected chi connectivity index (χ2v) is 4.77. The van der Waals surface area contributed by atoms with Crippen LogP contribution in [0.25, 0.3) is 0 Å². The molecule has 1 aliphatic rings. The van der Waals surface area contributed by atoms with Crippen LogP contribution in [-0.2, 0) is 9.59 Å². The van der Waals surface area contributed by atoms with E-state index >= 15 is 0 Å². The van der Waals surface area contributed by atoms with E-state index in [2.05, 4.69) is 4.98 Å². The first-order valence-corrected chi connectivity index (χ1v) is 5.96. The Morgan fingerprint density at radius 3 is 2.78 bits per heavy atom. The van der Waals surface area contributed by atoms with Crippen LogP contribution >= 0.6 is 0 Å². The number of hydrogen-bond acceptors (Lipinski definition) is 3. The number of pyridine rings is 1. The number of likely N-dealkylation sites (tertiary alicyclic amines) is 1. The molecule has 0 bridgehead atoms. The molecule has 0 aromatic carbocycles. The summed E-state index contributed by atoms with van der Waals surface area (Å²) < 4.78 is 0. The highest BCUT2D eigenvalue weighted by atomic mass is 16.4. The summed E-state index contributed by atoms with van der Waals surface area (Å²) in [5, 5.41) is 9.26. The summed E-state index contributed by atoms with van der Waals surface area (Å²) in [4.78, 5) is 28.9. The zero-order valence-corrected chi connectivity index (χ0v) is 10.4. The zero-order valence-electron chi connectivity index (χ0n) is 10.4. The average Bonchev–Trinajstić information content (AvgIpc) is 2.68. The first-order valence-electron chi connectivity index (χ1n) is 5.96. The molecule has 1 aliphatic heterocycles. The summed E-state index contributed by atoms with van der Waals surface area (Å²) >= 11 is 0. The van der Waals surface area contributed by atoms with Gasteiger partial charge in [0.2, 0.25) is 5.91 Å². The molecule has 1 amide bonds. The van der Waals surface area contributed by atoms with Crippen LogP contribution in [0, 0.1) is 5.92 Å². The molecule has 1 N–H and O–H groups in total. The maximum absolute atomic E-state index is 12.0. The van der Waals surface area contributed by atoms with Crippen LogP contribution in [0.1, 0.15) is 31.9 Å². The number of amides is 1. The molecule has 2 rings (SSSR count). The van der Waals surface area contributed by atoms with Crippen LogP contribution in [0.15, 0.2) is 24.5 Å². The molecule has 0 radical (unpaired) electrons. The van der Waals surface area contributed by atoms with Crippen LogP contribution in [0.4, 0.5) is 0 Å². The van der Waals surface area contributed by atoms with Crippen molar-refractivity contribution >= 4 is 11.9 Å². The molecule has 1 fully saturated rings. The molecular weight excluding hydrogens is 232 g/mol. The Morgan fingerprint density at radius 2 is 2.28 bits per heavy atom. The topological polar surface area (TPSA) is 70.5 Å². The zero-order chi connectivity index (χ0) is 13.3. The quantitative estimate of drug-likeness (QED) is 0.879. The highest BCUT2D eigenvalue weighted by Gasteiger charge is 2.45. The Kier molecular flexibility index (Phi) is 3.32. The van der Waals surface area contributed by atoms with E-state index in [-0.39, 0.29) is 18.4 Å². The van der Waals surface area contributed by atoms with Crippen molar-refractivity contribution in [2.24, 2.45) is 5.92 Å². The summed E-state index contributed by atoms with van der Waals surface area (Å²) in [6.07, 6.45) is 3.33. The molecule has 2 heterocycles. The van der Waals surface area contributed by atoms with Gasteiger partial charge >= 0.3 is 5.97 Å². The van der Waals surface area contributed by atoms with E-state index in [1.807, 2.05) is 19.9 Å². The van der Waals surface area contributed by atoms with Crippen LogP contribution in [0.5, 0.6) is 0 Å². The molecule has 2 atom stereocenters. The molecule has 5 heteroatoms. The minimum atomic E-state index is -0.930. The monoisotopic (exact) mass is 248 g/mol. The molecule has 0 spiro atoms. The van der Waals surface area contributed by atoms with Crippen LogP contribution in [0.3, 0.4) is 0 Å². The fraction of sp³-hybridized carbons (Fsp3) is 0.462. The summed E-state index contributed by atoms with van der Waals surface area (Å²) in [6, 6.07) is 3.15. The first-order chi connectivity index (χ1) is 8.52. The SMILES string of the molecule is CC(C)N1C(=O)C[C@@H](C(=O)O)[C@H]1c1cccnc1. The third kappa shape index (κ3) is 2.08. The number of rotatable bonds is 3. The Hall–Kier alpha value is -1.91. The van der Waals surface area contributed by atoms with Crippen molar-refractivity contribution in [3.63, 3.8) is 0 Å². The van der Waals surface area contributed by atoms with Crippen LogP contribution in [-0.4, -0.2) is 32.9 Å². The number of aromatic nitrogens is 1. The number of carbonyl (C=O) groups is 2. The molecule has 0 unspecified atom stereocenters. The highest BCUT2D eigenvalue weighted by Crippen LogP contribution is 2.39. The van der Waals surface area contributed by atoms with E-state index in [1.165, 1.54) is 0 Å². The Balaban J connectivity index is 2.43. The third-order valence-electron chi connectivity index (χ3n) is 3.26. The molecule has 18 heavy (non-hydrogen) atoms. The average molecular weight is 248 g/mol. The number of hydrogen-bond donors (Lipinski definition) is 1. The van der Waals surface area contributed by atoms with Crippen molar-refractivity contribution in [1.29, 1.82) is 0 Å². The van der Waals surface area contributed by atoms with Gasteiger partial charge in [0.15, 0.2) is 0 Å². The Bertz CT molecular complexity index is 459. The van der Waals surface area contributed by atoms with Gasteiger partial charge in [0.05, 0.1) is 12.0 Å². The van der Waals surface area contributed by atoms with E-state index in [4.69, 9.17) is 0 Å². The fourth-order valence-electron chi connectivity index (χ4n) is 2.53. The fourth-order valence-corrected chi connectivity index (χ4v) is 2.53. The summed E-state index contributed by atoms with van der Waals surface area (Å²) in [6.45, 7) is 3.79. The van der Waals surface area contributed by atoms with Crippen molar-refractivity contribution in [2.75, 3.05) is 0 Å². The number of carboxylic acids is 1. The molecule has 1 aromatic rings. The van der Waals surface area contributed by atoms with Gasteiger partial charge in [0.25, 0.3) is 0 Å². The van der Waals surface area contributed by atoms with Crippen molar-refractivity contribution in [2.45, 2.75) is 32.4 Å². The predicted molar refractivity (Wildman–Crippen MR) is 64.7 cm³/mol. The molecule has 1 saturated heterocycles. The van der Waals surface area contributed by atoms with Gasteiger partial charge < -0.3 is 10.0 Å². The van der Waals surface area contributed by atoms with E-state index < -0.39 is 17.9 Å².